The van der Waals surface area contributed by atoms with Crippen molar-refractivity contribution in [2.45, 2.75) is 33.7 Å². The highest BCUT2D eigenvalue weighted by atomic mass is 35.5. The quantitative estimate of drug-likeness (QED) is 0.157. The molecule has 0 radical (unpaired) electrons. The molecule has 11 heteroatoms. The van der Waals surface area contributed by atoms with Gasteiger partial charge >= 0.3 is 5.97 Å². The molecule has 3 aromatic heterocycles. The lowest BCUT2D eigenvalue weighted by Crippen LogP contribution is -2.32. The molecule has 0 saturated heterocycles. The number of esters is 1. The molecule has 2 aromatic carbocycles. The van der Waals surface area contributed by atoms with Gasteiger partial charge in [0.1, 0.15) is 17.4 Å². The third kappa shape index (κ3) is 5.28. The summed E-state index contributed by atoms with van der Waals surface area (Å²) in [4.78, 5) is 42.3. The Bertz CT molecular complexity index is 1790. The number of benzene rings is 2. The van der Waals surface area contributed by atoms with Crippen molar-refractivity contribution in [3.63, 3.8) is 0 Å². The monoisotopic (exact) mass is 589 g/mol. The van der Waals surface area contributed by atoms with Gasteiger partial charge in [0.05, 0.1) is 22.8 Å². The van der Waals surface area contributed by atoms with Gasteiger partial charge in [0.15, 0.2) is 5.78 Å². The molecule has 41 heavy (non-hydrogen) atoms. The highest BCUT2D eigenvalue weighted by Gasteiger charge is 2.27. The van der Waals surface area contributed by atoms with E-state index in [4.69, 9.17) is 16.3 Å². The molecular weight excluding hydrogens is 562 g/mol. The standard InChI is InChI=1S/C30H28ClN5O4S/c1-5-19-15-22(27(38)21-12-7-9-13-24(21)31)28(41-19)36-18(3)32-33-30(36)34(4)26(37)17-35-16-23(29(39)40-6-2)20-11-8-10-14-25(20)35/h7-16H,5-6,17H2,1-4H3. The molecule has 5 rings (SSSR count). The number of rotatable bonds is 9. The number of carbonyl (C=O) groups is 3. The van der Waals surface area contributed by atoms with E-state index in [1.807, 2.05) is 37.3 Å². The Morgan fingerprint density at radius 2 is 1.73 bits per heavy atom. The third-order valence-corrected chi connectivity index (χ3v) is 8.34. The van der Waals surface area contributed by atoms with Crippen LogP contribution in [0.15, 0.2) is 60.8 Å². The van der Waals surface area contributed by atoms with Gasteiger partial charge in [-0.25, -0.2) is 4.79 Å². The fourth-order valence-corrected chi connectivity index (χ4v) is 6.00. The van der Waals surface area contributed by atoms with Gasteiger partial charge in [-0.1, -0.05) is 48.9 Å². The number of hydrogen-bond donors (Lipinski definition) is 0. The van der Waals surface area contributed by atoms with Crippen LogP contribution in [0.25, 0.3) is 15.9 Å². The smallest absolute Gasteiger partial charge is 0.340 e. The number of likely N-dealkylation sites (N-methyl/N-ethyl adjacent to an activating group) is 1. The lowest BCUT2D eigenvalue weighted by molar-refractivity contribution is -0.118. The van der Waals surface area contributed by atoms with Crippen molar-refractivity contribution < 1.29 is 19.1 Å². The molecule has 0 saturated carbocycles. The molecule has 0 aliphatic rings. The lowest BCUT2D eigenvalue weighted by Gasteiger charge is -2.18. The molecule has 0 N–H and O–H groups in total. The molecule has 0 fully saturated rings. The minimum absolute atomic E-state index is 0.0572. The van der Waals surface area contributed by atoms with Crippen molar-refractivity contribution in [1.29, 1.82) is 0 Å². The molecule has 0 aliphatic heterocycles. The van der Waals surface area contributed by atoms with Crippen LogP contribution in [0.5, 0.6) is 0 Å². The number of halogens is 1. The molecule has 0 bridgehead atoms. The molecular formula is C30H28ClN5O4S. The van der Waals surface area contributed by atoms with E-state index >= 15 is 0 Å². The van der Waals surface area contributed by atoms with Crippen molar-refractivity contribution in [3.05, 3.63) is 93.2 Å². The fraction of sp³-hybridized carbons (Fsp3) is 0.233. The third-order valence-electron chi connectivity index (χ3n) is 6.75. The van der Waals surface area contributed by atoms with Crippen LogP contribution in [0.2, 0.25) is 5.02 Å². The minimum Gasteiger partial charge on any atom is -0.462 e. The number of para-hydroxylation sites is 1. The predicted molar refractivity (Wildman–Crippen MR) is 160 cm³/mol. The van der Waals surface area contributed by atoms with Gasteiger partial charge in [0.2, 0.25) is 11.9 Å². The zero-order valence-corrected chi connectivity index (χ0v) is 24.6. The Kier molecular flexibility index (Phi) is 8.05. The number of ether oxygens (including phenoxy) is 1. The number of aromatic nitrogens is 4. The summed E-state index contributed by atoms with van der Waals surface area (Å²) in [5.74, 6) is -0.166. The maximum Gasteiger partial charge on any atom is 0.340 e. The molecule has 3 heterocycles. The molecule has 1 amide bonds. The second kappa shape index (κ2) is 11.7. The number of nitrogens with zero attached hydrogens (tertiary/aromatic N) is 5. The molecule has 0 unspecified atom stereocenters. The maximum absolute atomic E-state index is 13.7. The van der Waals surface area contributed by atoms with Crippen LogP contribution in [0.3, 0.4) is 0 Å². The minimum atomic E-state index is -0.446. The summed E-state index contributed by atoms with van der Waals surface area (Å²) in [6, 6.07) is 16.1. The Morgan fingerprint density at radius 1 is 1.00 bits per heavy atom. The van der Waals surface area contributed by atoms with Crippen LogP contribution < -0.4 is 4.90 Å². The lowest BCUT2D eigenvalue weighted by atomic mass is 10.0. The molecule has 5 aromatic rings. The molecule has 0 aliphatic carbocycles. The fourth-order valence-electron chi connectivity index (χ4n) is 4.64. The van der Waals surface area contributed by atoms with Crippen molar-refractivity contribution in [3.8, 4) is 5.00 Å². The van der Waals surface area contributed by atoms with E-state index in [1.165, 1.54) is 16.2 Å². The number of anilines is 1. The molecule has 9 nitrogen and oxygen atoms in total. The van der Waals surface area contributed by atoms with Gasteiger partial charge < -0.3 is 9.30 Å². The average molecular weight is 590 g/mol. The van der Waals surface area contributed by atoms with E-state index in [1.54, 1.807) is 60.5 Å². The van der Waals surface area contributed by atoms with E-state index in [9.17, 15) is 14.4 Å². The molecule has 210 valence electrons. The summed E-state index contributed by atoms with van der Waals surface area (Å²) in [6.07, 6.45) is 2.36. The maximum atomic E-state index is 13.7. The van der Waals surface area contributed by atoms with Crippen LogP contribution in [-0.2, 0) is 22.5 Å². The topological polar surface area (TPSA) is 99.3 Å². The van der Waals surface area contributed by atoms with Crippen LogP contribution >= 0.6 is 22.9 Å². The van der Waals surface area contributed by atoms with Crippen LogP contribution in [0, 0.1) is 6.92 Å². The number of carbonyl (C=O) groups excluding carboxylic acids is 3. The van der Waals surface area contributed by atoms with Crippen LogP contribution in [-0.4, -0.2) is 50.6 Å². The highest BCUT2D eigenvalue weighted by Crippen LogP contribution is 2.34. The van der Waals surface area contributed by atoms with E-state index in [0.29, 0.717) is 37.9 Å². The Hall–Kier alpha value is -4.28. The van der Waals surface area contributed by atoms with E-state index in [2.05, 4.69) is 10.2 Å². The Balaban J connectivity index is 1.51. The van der Waals surface area contributed by atoms with Crippen molar-refractivity contribution in [2.75, 3.05) is 18.6 Å². The normalized spacial score (nSPS) is 11.1. The Labute approximate surface area is 245 Å². The first-order valence-corrected chi connectivity index (χ1v) is 14.3. The number of ketones is 1. The molecule has 0 atom stereocenters. The number of thiophene rings is 1. The van der Waals surface area contributed by atoms with Crippen molar-refractivity contribution in [2.24, 2.45) is 0 Å². The SMILES string of the molecule is CCOC(=O)c1cn(CC(=O)N(C)c2nnc(C)n2-c2sc(CC)cc2C(=O)c2ccccc2Cl)c2ccccc12. The second-order valence-corrected chi connectivity index (χ2v) is 10.9. The van der Waals surface area contributed by atoms with E-state index < -0.39 is 5.97 Å². The van der Waals surface area contributed by atoms with Crippen molar-refractivity contribution in [1.82, 2.24) is 19.3 Å². The van der Waals surface area contributed by atoms with Gasteiger partial charge in [-0.3, -0.25) is 19.1 Å². The first-order chi connectivity index (χ1) is 19.7. The van der Waals surface area contributed by atoms with Crippen LogP contribution in [0.4, 0.5) is 5.95 Å². The number of aryl methyl sites for hydroxylation is 2. The number of amides is 1. The summed E-state index contributed by atoms with van der Waals surface area (Å²) < 4.78 is 8.66. The first-order valence-electron chi connectivity index (χ1n) is 13.1. The largest absolute Gasteiger partial charge is 0.462 e. The van der Waals surface area contributed by atoms with Gasteiger partial charge in [-0.05, 0) is 44.5 Å². The van der Waals surface area contributed by atoms with Gasteiger partial charge in [-0.2, -0.15) is 0 Å². The second-order valence-electron chi connectivity index (χ2n) is 9.34. The first kappa shape index (κ1) is 28.3. The Morgan fingerprint density at radius 3 is 2.46 bits per heavy atom. The summed E-state index contributed by atoms with van der Waals surface area (Å²) in [5.41, 5.74) is 1.98. The summed E-state index contributed by atoms with van der Waals surface area (Å²) in [6.45, 7) is 5.73. The van der Waals surface area contributed by atoms with Gasteiger partial charge in [0.25, 0.3) is 0 Å². The summed E-state index contributed by atoms with van der Waals surface area (Å²) in [7, 11) is 1.62. The average Bonchev–Trinajstić information content (AvgIpc) is 3.67. The summed E-state index contributed by atoms with van der Waals surface area (Å²) in [5, 5.41) is 10.2. The predicted octanol–water partition coefficient (Wildman–Crippen LogP) is 5.88. The van der Waals surface area contributed by atoms with Crippen molar-refractivity contribution >= 4 is 57.4 Å². The zero-order chi connectivity index (χ0) is 29.3. The van der Waals surface area contributed by atoms with Gasteiger partial charge in [-0.15, -0.1) is 21.5 Å². The van der Waals surface area contributed by atoms with E-state index in [-0.39, 0.29) is 30.8 Å². The van der Waals surface area contributed by atoms with E-state index in [0.717, 1.165) is 16.8 Å². The number of fused-ring (bicyclic) bond motifs is 1. The molecule has 0 spiro atoms. The zero-order valence-electron chi connectivity index (χ0n) is 23.1. The number of hydrogen-bond acceptors (Lipinski definition) is 7. The van der Waals surface area contributed by atoms with Crippen LogP contribution in [0.1, 0.15) is 50.8 Å². The summed E-state index contributed by atoms with van der Waals surface area (Å²) >= 11 is 7.81. The highest BCUT2D eigenvalue weighted by molar-refractivity contribution is 7.15. The van der Waals surface area contributed by atoms with Gasteiger partial charge in [0, 0.05) is 34.6 Å².